The fourth-order valence-corrected chi connectivity index (χ4v) is 1.91. The van der Waals surface area contributed by atoms with Gasteiger partial charge in [0.2, 0.25) is 0 Å². The zero-order valence-electron chi connectivity index (χ0n) is 9.35. The molecule has 0 radical (unpaired) electrons. The Morgan fingerprint density at radius 3 is 2.64 bits per heavy atom. The number of ether oxygens (including phenoxy) is 1. The van der Waals surface area contributed by atoms with Gasteiger partial charge in [0.1, 0.15) is 12.4 Å². The number of rotatable bonds is 0. The molecule has 1 aliphatic heterocycles. The number of aryl methyl sites for hydroxylation is 1. The molecule has 1 aliphatic rings. The van der Waals surface area contributed by atoms with Crippen LogP contribution in [-0.4, -0.2) is 20.2 Å². The molecule has 76 valence electrons. The normalized spacial score (nSPS) is 15.0. The van der Waals surface area contributed by atoms with Crippen molar-refractivity contribution < 1.29 is 4.74 Å². The number of benzene rings is 1. The van der Waals surface area contributed by atoms with Crippen LogP contribution in [0.4, 0.5) is 5.69 Å². The van der Waals surface area contributed by atoms with Crippen LogP contribution in [0, 0.1) is 20.8 Å². The number of anilines is 1. The number of nitrogens with zero attached hydrogens (tertiary/aromatic N) is 1. The first-order chi connectivity index (χ1) is 6.61. The van der Waals surface area contributed by atoms with Crippen molar-refractivity contribution in [3.05, 3.63) is 22.8 Å². The summed E-state index contributed by atoms with van der Waals surface area (Å²) in [7, 11) is 2.12. The van der Waals surface area contributed by atoms with Crippen molar-refractivity contribution in [2.24, 2.45) is 0 Å². The van der Waals surface area contributed by atoms with Crippen LogP contribution in [0.15, 0.2) is 6.07 Å². The molecule has 1 heterocycles. The fourth-order valence-electron chi connectivity index (χ4n) is 1.91. The maximum Gasteiger partial charge on any atom is 0.145 e. The van der Waals surface area contributed by atoms with Crippen molar-refractivity contribution in [1.29, 1.82) is 0 Å². The van der Waals surface area contributed by atoms with E-state index in [9.17, 15) is 0 Å². The highest BCUT2D eigenvalue weighted by Crippen LogP contribution is 2.37. The minimum Gasteiger partial charge on any atom is -0.489 e. The molecule has 0 N–H and O–H groups in total. The average molecular weight is 191 g/mol. The summed E-state index contributed by atoms with van der Waals surface area (Å²) in [5.41, 5.74) is 5.21. The molecular weight excluding hydrogens is 174 g/mol. The summed E-state index contributed by atoms with van der Waals surface area (Å²) in [6.45, 7) is 8.23. The lowest BCUT2D eigenvalue weighted by Crippen LogP contribution is -2.29. The second-order valence-corrected chi connectivity index (χ2v) is 4.06. The number of likely N-dealkylation sites (N-methyl/N-ethyl adjacent to an activating group) is 1. The second kappa shape index (κ2) is 3.19. The molecule has 0 aliphatic carbocycles. The molecule has 2 heteroatoms. The molecule has 0 saturated carbocycles. The first-order valence-electron chi connectivity index (χ1n) is 5.06. The number of hydrogen-bond donors (Lipinski definition) is 0. The van der Waals surface area contributed by atoms with Crippen molar-refractivity contribution in [3.63, 3.8) is 0 Å². The van der Waals surface area contributed by atoms with Gasteiger partial charge in [0.05, 0.1) is 12.2 Å². The third-order valence-corrected chi connectivity index (χ3v) is 3.16. The predicted octanol–water partition coefficient (Wildman–Crippen LogP) is 2.44. The highest BCUT2D eigenvalue weighted by molar-refractivity contribution is 5.66. The van der Waals surface area contributed by atoms with Crippen LogP contribution in [-0.2, 0) is 0 Å². The maximum absolute atomic E-state index is 5.72. The molecule has 14 heavy (non-hydrogen) atoms. The van der Waals surface area contributed by atoms with E-state index in [4.69, 9.17) is 4.74 Å². The van der Waals surface area contributed by atoms with E-state index in [0.29, 0.717) is 0 Å². The van der Waals surface area contributed by atoms with E-state index >= 15 is 0 Å². The number of fused-ring (bicyclic) bond motifs is 1. The molecule has 0 unspecified atom stereocenters. The lowest BCUT2D eigenvalue weighted by Gasteiger charge is -2.30. The van der Waals surface area contributed by atoms with E-state index in [1.807, 2.05) is 0 Å². The summed E-state index contributed by atoms with van der Waals surface area (Å²) < 4.78 is 5.72. The third-order valence-electron chi connectivity index (χ3n) is 3.16. The molecule has 0 amide bonds. The van der Waals surface area contributed by atoms with Gasteiger partial charge in [0, 0.05) is 7.05 Å². The van der Waals surface area contributed by atoms with E-state index in [1.165, 1.54) is 22.4 Å². The molecular formula is C12H17NO. The van der Waals surface area contributed by atoms with Crippen molar-refractivity contribution in [2.45, 2.75) is 20.8 Å². The summed E-state index contributed by atoms with van der Waals surface area (Å²) >= 11 is 0. The Kier molecular flexibility index (Phi) is 2.14. The zero-order valence-corrected chi connectivity index (χ0v) is 9.35. The van der Waals surface area contributed by atoms with Gasteiger partial charge >= 0.3 is 0 Å². The van der Waals surface area contributed by atoms with Gasteiger partial charge < -0.3 is 9.64 Å². The molecule has 2 rings (SSSR count). The van der Waals surface area contributed by atoms with Gasteiger partial charge in [-0.1, -0.05) is 0 Å². The smallest absolute Gasteiger partial charge is 0.145 e. The van der Waals surface area contributed by atoms with E-state index in [2.05, 4.69) is 38.8 Å². The summed E-state index contributed by atoms with van der Waals surface area (Å²) in [5.74, 6) is 1.07. The standard InChI is InChI=1S/C12H17NO/c1-8-7-11-12(10(3)9(8)2)14-6-5-13(11)4/h7H,5-6H2,1-4H3. The van der Waals surface area contributed by atoms with Crippen LogP contribution < -0.4 is 9.64 Å². The summed E-state index contributed by atoms with van der Waals surface area (Å²) in [6.07, 6.45) is 0. The number of hydrogen-bond acceptors (Lipinski definition) is 2. The van der Waals surface area contributed by atoms with Crippen molar-refractivity contribution in [1.82, 2.24) is 0 Å². The molecule has 0 fully saturated rings. The topological polar surface area (TPSA) is 12.5 Å². The van der Waals surface area contributed by atoms with E-state index in [1.54, 1.807) is 0 Å². The molecule has 0 atom stereocenters. The first-order valence-corrected chi connectivity index (χ1v) is 5.06. The molecule has 1 aromatic carbocycles. The highest BCUT2D eigenvalue weighted by atomic mass is 16.5. The quantitative estimate of drug-likeness (QED) is 0.624. The summed E-state index contributed by atoms with van der Waals surface area (Å²) in [5, 5.41) is 0. The average Bonchev–Trinajstić information content (AvgIpc) is 2.17. The maximum atomic E-state index is 5.72. The van der Waals surface area contributed by atoms with Gasteiger partial charge in [-0.2, -0.15) is 0 Å². The van der Waals surface area contributed by atoms with Crippen LogP contribution in [0.2, 0.25) is 0 Å². The third kappa shape index (κ3) is 1.26. The molecule has 1 aromatic rings. The molecule has 2 nitrogen and oxygen atoms in total. The minimum atomic E-state index is 0.798. The van der Waals surface area contributed by atoms with Gasteiger partial charge in [-0.3, -0.25) is 0 Å². The molecule has 0 saturated heterocycles. The van der Waals surface area contributed by atoms with Crippen LogP contribution in [0.25, 0.3) is 0 Å². The van der Waals surface area contributed by atoms with Gasteiger partial charge in [0.15, 0.2) is 0 Å². The van der Waals surface area contributed by atoms with Crippen molar-refractivity contribution in [2.75, 3.05) is 25.1 Å². The Hall–Kier alpha value is -1.18. The van der Waals surface area contributed by atoms with Crippen LogP contribution in [0.3, 0.4) is 0 Å². The predicted molar refractivity (Wildman–Crippen MR) is 59.4 cm³/mol. The lowest BCUT2D eigenvalue weighted by molar-refractivity contribution is 0.309. The first kappa shape index (κ1) is 9.38. The van der Waals surface area contributed by atoms with Gasteiger partial charge in [-0.15, -0.1) is 0 Å². The molecule has 0 bridgehead atoms. The van der Waals surface area contributed by atoms with E-state index < -0.39 is 0 Å². The largest absolute Gasteiger partial charge is 0.489 e. The SMILES string of the molecule is Cc1cc2c(c(C)c1C)OCCN2C. The van der Waals surface area contributed by atoms with Crippen LogP contribution >= 0.6 is 0 Å². The lowest BCUT2D eigenvalue weighted by atomic mass is 10.0. The van der Waals surface area contributed by atoms with Gasteiger partial charge in [-0.05, 0) is 43.5 Å². The van der Waals surface area contributed by atoms with E-state index in [0.717, 1.165) is 18.9 Å². The Morgan fingerprint density at radius 2 is 1.93 bits per heavy atom. The van der Waals surface area contributed by atoms with Crippen LogP contribution in [0.5, 0.6) is 5.75 Å². The van der Waals surface area contributed by atoms with Gasteiger partial charge in [0.25, 0.3) is 0 Å². The summed E-state index contributed by atoms with van der Waals surface area (Å²) in [6, 6.07) is 2.22. The fraction of sp³-hybridized carbons (Fsp3) is 0.500. The Balaban J connectivity index is 2.63. The van der Waals surface area contributed by atoms with E-state index in [-0.39, 0.29) is 0 Å². The monoisotopic (exact) mass is 191 g/mol. The minimum absolute atomic E-state index is 0.798. The van der Waals surface area contributed by atoms with Gasteiger partial charge in [-0.25, -0.2) is 0 Å². The van der Waals surface area contributed by atoms with Crippen molar-refractivity contribution in [3.8, 4) is 5.75 Å². The molecule has 0 aromatic heterocycles. The Bertz CT molecular complexity index is 371. The Morgan fingerprint density at radius 1 is 1.21 bits per heavy atom. The molecule has 0 spiro atoms. The van der Waals surface area contributed by atoms with Crippen molar-refractivity contribution >= 4 is 5.69 Å². The second-order valence-electron chi connectivity index (χ2n) is 4.06. The summed E-state index contributed by atoms with van der Waals surface area (Å²) in [4.78, 5) is 2.26. The zero-order chi connectivity index (χ0) is 10.3. The highest BCUT2D eigenvalue weighted by Gasteiger charge is 2.18. The van der Waals surface area contributed by atoms with Crippen LogP contribution in [0.1, 0.15) is 16.7 Å². The Labute approximate surface area is 85.5 Å².